The van der Waals surface area contributed by atoms with Gasteiger partial charge in [0.2, 0.25) is 0 Å². The molecule has 0 amide bonds. The molecule has 0 N–H and O–H groups in total. The van der Waals surface area contributed by atoms with Crippen molar-refractivity contribution in [1.29, 1.82) is 0 Å². The van der Waals surface area contributed by atoms with Crippen LogP contribution in [-0.4, -0.2) is 24.3 Å². The lowest BCUT2D eigenvalue weighted by atomic mass is 10.0. The fourth-order valence-electron chi connectivity index (χ4n) is 8.21. The molecule has 12 rings (SSSR count). The van der Waals surface area contributed by atoms with Crippen LogP contribution in [0.4, 0.5) is 0 Å². The van der Waals surface area contributed by atoms with Gasteiger partial charge in [-0.2, -0.15) is 0 Å². The van der Waals surface area contributed by atoms with Crippen LogP contribution >= 0.6 is 11.3 Å². The second-order valence-electron chi connectivity index (χ2n) is 14.3. The third-order valence-electron chi connectivity index (χ3n) is 11.0. The first-order valence-corrected chi connectivity index (χ1v) is 19.5. The summed E-state index contributed by atoms with van der Waals surface area (Å²) in [6.45, 7) is 0. The second-order valence-corrected chi connectivity index (χ2v) is 15.4. The Hall–Kier alpha value is -7.28. The number of thiophene rings is 1. The van der Waals surface area contributed by atoms with Gasteiger partial charge in [0.05, 0.1) is 21.4 Å². The highest BCUT2D eigenvalue weighted by Crippen LogP contribution is 2.41. The number of fused-ring (bicyclic) bond motifs is 11. The van der Waals surface area contributed by atoms with E-state index in [4.69, 9.17) is 19.9 Å². The maximum Gasteiger partial charge on any atom is 0.164 e. The molecule has 0 fully saturated rings. The summed E-state index contributed by atoms with van der Waals surface area (Å²) >= 11 is 1.81. The number of aromatic nitrogens is 5. The standard InChI is InChI=1S/C50H29N5S/c1-3-12-35-27-37(23-17-30(35)9-1)48-52-47(53-49(54-48)38-24-18-31-10-2-4-13-36(31)28-38)34-21-19-33(20-22-34)43-29-41-40-15-7-8-16-44(40)56-46(41)50-51-45-39-14-6-5-11-32(39)25-26-42(45)55(43)50/h1-29H. The van der Waals surface area contributed by atoms with Gasteiger partial charge in [-0.1, -0.05) is 146 Å². The fourth-order valence-corrected chi connectivity index (χ4v) is 9.37. The summed E-state index contributed by atoms with van der Waals surface area (Å²) < 4.78 is 4.79. The van der Waals surface area contributed by atoms with Gasteiger partial charge in [-0.15, -0.1) is 11.3 Å². The zero-order valence-corrected chi connectivity index (χ0v) is 30.7. The monoisotopic (exact) mass is 731 g/mol. The van der Waals surface area contributed by atoms with Crippen molar-refractivity contribution in [3.8, 4) is 45.4 Å². The number of rotatable bonds is 4. The van der Waals surface area contributed by atoms with Crippen molar-refractivity contribution in [1.82, 2.24) is 24.3 Å². The topological polar surface area (TPSA) is 56.0 Å². The van der Waals surface area contributed by atoms with E-state index in [2.05, 4.69) is 180 Å². The highest BCUT2D eigenvalue weighted by atomic mass is 32.1. The molecule has 0 atom stereocenters. The molecule has 0 spiro atoms. The predicted molar refractivity (Wildman–Crippen MR) is 233 cm³/mol. The van der Waals surface area contributed by atoms with Crippen LogP contribution in [0.5, 0.6) is 0 Å². The molecule has 12 aromatic rings. The minimum absolute atomic E-state index is 0.627. The molecule has 8 aromatic carbocycles. The second kappa shape index (κ2) is 12.1. The molecule has 5 nitrogen and oxygen atoms in total. The number of benzene rings is 8. The third-order valence-corrected chi connectivity index (χ3v) is 12.2. The Labute approximate surface area is 324 Å². The lowest BCUT2D eigenvalue weighted by Crippen LogP contribution is -2.00. The maximum absolute atomic E-state index is 5.38. The predicted octanol–water partition coefficient (Wildman–Crippen LogP) is 13.2. The minimum atomic E-state index is 0.627. The van der Waals surface area contributed by atoms with Gasteiger partial charge in [0, 0.05) is 37.5 Å². The summed E-state index contributed by atoms with van der Waals surface area (Å²) in [5.74, 6) is 1.91. The molecule has 0 radical (unpaired) electrons. The van der Waals surface area contributed by atoms with E-state index in [0.717, 1.165) is 60.8 Å². The van der Waals surface area contributed by atoms with Crippen LogP contribution in [-0.2, 0) is 0 Å². The Morgan fingerprint density at radius 3 is 1.57 bits per heavy atom. The van der Waals surface area contributed by atoms with Crippen molar-refractivity contribution in [2.24, 2.45) is 0 Å². The van der Waals surface area contributed by atoms with E-state index in [1.807, 2.05) is 11.3 Å². The highest BCUT2D eigenvalue weighted by molar-refractivity contribution is 7.26. The van der Waals surface area contributed by atoms with E-state index in [1.54, 1.807) is 0 Å². The smallest absolute Gasteiger partial charge is 0.164 e. The van der Waals surface area contributed by atoms with Gasteiger partial charge >= 0.3 is 0 Å². The summed E-state index contributed by atoms with van der Waals surface area (Å²) in [5.41, 5.74) is 8.07. The van der Waals surface area contributed by atoms with E-state index in [9.17, 15) is 0 Å². The molecular formula is C50H29N5S. The van der Waals surface area contributed by atoms with Crippen molar-refractivity contribution < 1.29 is 0 Å². The van der Waals surface area contributed by atoms with E-state index in [0.29, 0.717) is 17.5 Å². The van der Waals surface area contributed by atoms with E-state index < -0.39 is 0 Å². The number of imidazole rings is 1. The van der Waals surface area contributed by atoms with Crippen LogP contribution < -0.4 is 0 Å². The molecule has 0 aliphatic heterocycles. The molecule has 260 valence electrons. The van der Waals surface area contributed by atoms with Gasteiger partial charge in [-0.25, -0.2) is 19.9 Å². The Kier molecular flexibility index (Phi) is 6.73. The van der Waals surface area contributed by atoms with Gasteiger partial charge < -0.3 is 0 Å². The van der Waals surface area contributed by atoms with Gasteiger partial charge in [0.1, 0.15) is 0 Å². The average molecular weight is 732 g/mol. The Bertz CT molecular complexity index is 3450. The van der Waals surface area contributed by atoms with Crippen LogP contribution in [0.1, 0.15) is 0 Å². The molecule has 0 saturated heterocycles. The van der Waals surface area contributed by atoms with E-state index in [1.165, 1.54) is 36.3 Å². The number of hydrogen-bond donors (Lipinski definition) is 0. The molecule has 56 heavy (non-hydrogen) atoms. The summed E-state index contributed by atoms with van der Waals surface area (Å²) in [7, 11) is 0. The lowest BCUT2D eigenvalue weighted by Gasteiger charge is -2.11. The fraction of sp³-hybridized carbons (Fsp3) is 0. The van der Waals surface area contributed by atoms with Gasteiger partial charge in [-0.3, -0.25) is 4.40 Å². The molecule has 0 bridgehead atoms. The Morgan fingerprint density at radius 2 is 0.893 bits per heavy atom. The first-order chi connectivity index (χ1) is 27.7. The SMILES string of the molecule is c1ccc2cc(-c3nc(-c4ccc(-c5cc6c7ccccc7sc6c6nc7c8ccccc8ccc7n56)cc4)nc(-c4ccc5ccccc5c4)n3)ccc2c1. The summed E-state index contributed by atoms with van der Waals surface area (Å²) in [5, 5.41) is 9.45. The van der Waals surface area contributed by atoms with Crippen molar-refractivity contribution >= 4 is 80.5 Å². The quantitative estimate of drug-likeness (QED) is 0.181. The Morgan fingerprint density at radius 1 is 0.375 bits per heavy atom. The first-order valence-electron chi connectivity index (χ1n) is 18.7. The van der Waals surface area contributed by atoms with Crippen molar-refractivity contribution in [3.05, 3.63) is 176 Å². The van der Waals surface area contributed by atoms with Crippen LogP contribution in [0.15, 0.2) is 176 Å². The molecule has 4 aromatic heterocycles. The van der Waals surface area contributed by atoms with Crippen molar-refractivity contribution in [3.63, 3.8) is 0 Å². The van der Waals surface area contributed by atoms with Gasteiger partial charge in [0.15, 0.2) is 23.1 Å². The van der Waals surface area contributed by atoms with Gasteiger partial charge in [0.25, 0.3) is 0 Å². The van der Waals surface area contributed by atoms with Crippen LogP contribution in [0.25, 0.3) is 115 Å². The van der Waals surface area contributed by atoms with Gasteiger partial charge in [-0.05, 0) is 62.8 Å². The van der Waals surface area contributed by atoms with E-state index in [-0.39, 0.29) is 0 Å². The molecule has 0 unspecified atom stereocenters. The van der Waals surface area contributed by atoms with Crippen LogP contribution in [0.2, 0.25) is 0 Å². The molecule has 0 aliphatic rings. The first kappa shape index (κ1) is 31.1. The van der Waals surface area contributed by atoms with Crippen molar-refractivity contribution in [2.75, 3.05) is 0 Å². The normalized spacial score (nSPS) is 11.9. The zero-order chi connectivity index (χ0) is 36.7. The average Bonchev–Trinajstić information content (AvgIpc) is 3.85. The van der Waals surface area contributed by atoms with Crippen molar-refractivity contribution in [2.45, 2.75) is 0 Å². The highest BCUT2D eigenvalue weighted by Gasteiger charge is 2.20. The molecule has 0 saturated carbocycles. The minimum Gasteiger partial charge on any atom is -0.291 e. The van der Waals surface area contributed by atoms with Crippen LogP contribution in [0.3, 0.4) is 0 Å². The summed E-state index contributed by atoms with van der Waals surface area (Å²) in [6.07, 6.45) is 0. The zero-order valence-electron chi connectivity index (χ0n) is 29.9. The largest absolute Gasteiger partial charge is 0.291 e. The number of nitrogens with zero attached hydrogens (tertiary/aromatic N) is 5. The Balaban J connectivity index is 1.05. The molecule has 6 heteroatoms. The number of hydrogen-bond acceptors (Lipinski definition) is 5. The molecular weight excluding hydrogens is 703 g/mol. The molecule has 0 aliphatic carbocycles. The summed E-state index contributed by atoms with van der Waals surface area (Å²) in [4.78, 5) is 20.7. The third kappa shape index (κ3) is 4.86. The van der Waals surface area contributed by atoms with E-state index >= 15 is 0 Å². The molecule has 4 heterocycles. The maximum atomic E-state index is 5.38. The lowest BCUT2D eigenvalue weighted by molar-refractivity contribution is 1.07. The van der Waals surface area contributed by atoms with Crippen LogP contribution in [0, 0.1) is 0 Å². The number of pyridine rings is 1. The summed E-state index contributed by atoms with van der Waals surface area (Å²) in [6, 6.07) is 62.1.